The zero-order chi connectivity index (χ0) is 22.8. The summed E-state index contributed by atoms with van der Waals surface area (Å²) < 4.78 is 13.4. The van der Waals surface area contributed by atoms with Gasteiger partial charge in [0.1, 0.15) is 11.6 Å². The molecule has 0 fully saturated rings. The van der Waals surface area contributed by atoms with Crippen molar-refractivity contribution < 1.29 is 9.18 Å². The molecule has 0 spiro atoms. The van der Waals surface area contributed by atoms with Gasteiger partial charge in [0.2, 0.25) is 0 Å². The quantitative estimate of drug-likeness (QED) is 0.389. The van der Waals surface area contributed by atoms with Gasteiger partial charge in [-0.2, -0.15) is 0 Å². The Bertz CT molecular complexity index is 1470. The number of aromatic nitrogens is 3. The molecule has 3 N–H and O–H groups in total. The van der Waals surface area contributed by atoms with Gasteiger partial charge in [0.25, 0.3) is 5.91 Å². The fourth-order valence-electron chi connectivity index (χ4n) is 3.61. The highest BCUT2D eigenvalue weighted by atomic mass is 19.1. The van der Waals surface area contributed by atoms with Crippen molar-refractivity contribution in [2.45, 2.75) is 0 Å². The fraction of sp³-hybridized carbons (Fsp3) is 0. The van der Waals surface area contributed by atoms with Gasteiger partial charge in [0.15, 0.2) is 5.82 Å². The maximum absolute atomic E-state index is 13.4. The summed E-state index contributed by atoms with van der Waals surface area (Å²) in [5, 5.41) is 4.01. The third-order valence-corrected chi connectivity index (χ3v) is 5.24. The third kappa shape index (κ3) is 4.12. The van der Waals surface area contributed by atoms with E-state index in [0.717, 1.165) is 22.1 Å². The zero-order valence-electron chi connectivity index (χ0n) is 17.4. The van der Waals surface area contributed by atoms with Crippen LogP contribution in [0.3, 0.4) is 0 Å². The van der Waals surface area contributed by atoms with Crippen LogP contribution in [0.25, 0.3) is 33.4 Å². The highest BCUT2D eigenvalue weighted by Crippen LogP contribution is 2.31. The number of carbonyl (C=O) groups excluding carboxylic acids is 1. The van der Waals surface area contributed by atoms with Gasteiger partial charge in [-0.3, -0.25) is 9.78 Å². The Morgan fingerprint density at radius 2 is 1.64 bits per heavy atom. The van der Waals surface area contributed by atoms with Crippen molar-refractivity contribution in [1.29, 1.82) is 0 Å². The molecule has 6 nitrogen and oxygen atoms in total. The highest BCUT2D eigenvalue weighted by Gasteiger charge is 2.14. The van der Waals surface area contributed by atoms with Crippen molar-refractivity contribution in [2.24, 2.45) is 5.73 Å². The maximum Gasteiger partial charge on any atom is 0.250 e. The topological polar surface area (TPSA) is 93.8 Å². The van der Waals surface area contributed by atoms with Crippen LogP contribution in [0.2, 0.25) is 0 Å². The molecule has 3 aromatic carbocycles. The van der Waals surface area contributed by atoms with Crippen LogP contribution >= 0.6 is 0 Å². The number of nitrogens with one attached hydrogen (secondary N) is 1. The molecule has 0 aliphatic heterocycles. The first kappa shape index (κ1) is 20.3. The van der Waals surface area contributed by atoms with Gasteiger partial charge in [0, 0.05) is 23.3 Å². The summed E-state index contributed by atoms with van der Waals surface area (Å²) in [6.07, 6.45) is 3.37. The molecule has 0 aliphatic carbocycles. The molecule has 33 heavy (non-hydrogen) atoms. The summed E-state index contributed by atoms with van der Waals surface area (Å²) in [6.45, 7) is 0. The number of hydrogen-bond acceptors (Lipinski definition) is 5. The molecule has 160 valence electrons. The number of carbonyl (C=O) groups is 1. The largest absolute Gasteiger partial charge is 0.366 e. The summed E-state index contributed by atoms with van der Waals surface area (Å²) in [4.78, 5) is 25.5. The van der Waals surface area contributed by atoms with Crippen molar-refractivity contribution in [1.82, 2.24) is 15.0 Å². The van der Waals surface area contributed by atoms with Crippen LogP contribution in [0.1, 0.15) is 10.4 Å². The maximum atomic E-state index is 13.4. The second kappa shape index (κ2) is 8.47. The lowest BCUT2D eigenvalue weighted by Crippen LogP contribution is -2.13. The predicted octanol–water partition coefficient (Wildman–Crippen LogP) is 5.34. The van der Waals surface area contributed by atoms with Gasteiger partial charge >= 0.3 is 0 Å². The Morgan fingerprint density at radius 1 is 0.848 bits per heavy atom. The second-order valence-corrected chi connectivity index (χ2v) is 7.41. The van der Waals surface area contributed by atoms with Crippen molar-refractivity contribution in [3.05, 3.63) is 103 Å². The smallest absolute Gasteiger partial charge is 0.250 e. The molecule has 5 aromatic rings. The Hall–Kier alpha value is -4.65. The van der Waals surface area contributed by atoms with E-state index in [2.05, 4.69) is 10.3 Å². The summed E-state index contributed by atoms with van der Waals surface area (Å²) in [6, 6.07) is 22.7. The number of para-hydroxylation sites is 1. The minimum atomic E-state index is -0.539. The van der Waals surface area contributed by atoms with Crippen molar-refractivity contribution in [3.8, 4) is 22.5 Å². The molecular formula is C26H18FN5O. The minimum Gasteiger partial charge on any atom is -0.366 e. The molecule has 0 unspecified atom stereocenters. The van der Waals surface area contributed by atoms with Gasteiger partial charge in [-0.1, -0.05) is 30.3 Å². The Kier molecular flexibility index (Phi) is 5.20. The summed E-state index contributed by atoms with van der Waals surface area (Å²) in [7, 11) is 0. The van der Waals surface area contributed by atoms with E-state index in [-0.39, 0.29) is 5.82 Å². The van der Waals surface area contributed by atoms with Gasteiger partial charge in [-0.05, 0) is 59.7 Å². The third-order valence-electron chi connectivity index (χ3n) is 5.24. The van der Waals surface area contributed by atoms with Crippen LogP contribution in [-0.2, 0) is 0 Å². The molecule has 2 heterocycles. The average Bonchev–Trinajstić information content (AvgIpc) is 2.85. The van der Waals surface area contributed by atoms with Gasteiger partial charge in [-0.25, -0.2) is 14.4 Å². The van der Waals surface area contributed by atoms with E-state index in [1.54, 1.807) is 42.7 Å². The van der Waals surface area contributed by atoms with Crippen molar-refractivity contribution in [2.75, 3.05) is 5.32 Å². The van der Waals surface area contributed by atoms with Crippen molar-refractivity contribution >= 4 is 28.3 Å². The van der Waals surface area contributed by atoms with E-state index in [1.165, 1.54) is 12.1 Å². The second-order valence-electron chi connectivity index (χ2n) is 7.41. The van der Waals surface area contributed by atoms with Gasteiger partial charge in [-0.15, -0.1) is 0 Å². The summed E-state index contributed by atoms with van der Waals surface area (Å²) >= 11 is 0. The molecule has 0 atom stereocenters. The molecule has 0 bridgehead atoms. The predicted molar refractivity (Wildman–Crippen MR) is 126 cm³/mol. The van der Waals surface area contributed by atoms with Crippen LogP contribution in [0.5, 0.6) is 0 Å². The first-order valence-electron chi connectivity index (χ1n) is 10.2. The number of pyridine rings is 1. The monoisotopic (exact) mass is 435 g/mol. The molecule has 5 rings (SSSR count). The first-order valence-corrected chi connectivity index (χ1v) is 10.2. The highest BCUT2D eigenvalue weighted by molar-refractivity contribution is 6.01. The minimum absolute atomic E-state index is 0.291. The van der Waals surface area contributed by atoms with Gasteiger partial charge in [0.05, 0.1) is 16.8 Å². The Labute approximate surface area is 189 Å². The van der Waals surface area contributed by atoms with Crippen LogP contribution in [0, 0.1) is 5.82 Å². The lowest BCUT2D eigenvalue weighted by Gasteiger charge is -2.14. The molecule has 0 saturated heterocycles. The Morgan fingerprint density at radius 3 is 2.39 bits per heavy atom. The number of fused-ring (bicyclic) bond motifs is 1. The van der Waals surface area contributed by atoms with E-state index in [4.69, 9.17) is 15.7 Å². The lowest BCUT2D eigenvalue weighted by molar-refractivity contribution is 0.100. The summed E-state index contributed by atoms with van der Waals surface area (Å²) in [5.41, 5.74) is 9.65. The molecule has 7 heteroatoms. The van der Waals surface area contributed by atoms with Crippen LogP contribution in [0.15, 0.2) is 91.3 Å². The zero-order valence-corrected chi connectivity index (χ0v) is 17.4. The number of anilines is 2. The fourth-order valence-corrected chi connectivity index (χ4v) is 3.61. The number of rotatable bonds is 5. The van der Waals surface area contributed by atoms with E-state index < -0.39 is 5.91 Å². The van der Waals surface area contributed by atoms with Crippen LogP contribution in [0.4, 0.5) is 15.9 Å². The lowest BCUT2D eigenvalue weighted by atomic mass is 10.0. The average molecular weight is 435 g/mol. The molecule has 0 radical (unpaired) electrons. The molecule has 0 saturated carbocycles. The van der Waals surface area contributed by atoms with E-state index >= 15 is 0 Å². The molecule has 1 amide bonds. The van der Waals surface area contributed by atoms with E-state index in [1.807, 2.05) is 36.4 Å². The first-order chi connectivity index (χ1) is 16.1. The van der Waals surface area contributed by atoms with E-state index in [0.29, 0.717) is 28.4 Å². The van der Waals surface area contributed by atoms with Crippen molar-refractivity contribution in [3.63, 3.8) is 0 Å². The number of halogens is 1. The number of hydrogen-bond donors (Lipinski definition) is 2. The molecular weight excluding hydrogens is 417 g/mol. The Balaban J connectivity index is 1.68. The summed E-state index contributed by atoms with van der Waals surface area (Å²) in [5.74, 6) is 0.173. The van der Waals surface area contributed by atoms with E-state index in [9.17, 15) is 9.18 Å². The normalized spacial score (nSPS) is 10.8. The standard InChI is InChI=1S/C26H18FN5O/c27-19-10-7-16(8-11-19)17-9-12-21-23(14-17)31-25(18-4-3-13-29-15-18)32-26(21)30-22-6-2-1-5-20(22)24(28)33/h1-15H,(H2,28,33)(H,30,31,32). The number of benzene rings is 3. The van der Waals surface area contributed by atoms with Crippen LogP contribution < -0.4 is 11.1 Å². The number of nitrogens with two attached hydrogens (primary N) is 1. The SMILES string of the molecule is NC(=O)c1ccccc1Nc1nc(-c2cccnc2)nc2cc(-c3ccc(F)cc3)ccc12. The number of nitrogens with zero attached hydrogens (tertiary/aromatic N) is 3. The molecule has 2 aromatic heterocycles. The molecule has 0 aliphatic rings. The number of primary amides is 1. The number of amides is 1. The van der Waals surface area contributed by atoms with Gasteiger partial charge < -0.3 is 11.1 Å². The van der Waals surface area contributed by atoms with Crippen LogP contribution in [-0.4, -0.2) is 20.9 Å².